The number of allylic oxidation sites excluding steroid dienone is 1. The zero-order valence-electron chi connectivity index (χ0n) is 16.7. The molecule has 2 atom stereocenters. The van der Waals surface area contributed by atoms with E-state index in [9.17, 15) is 0 Å². The Morgan fingerprint density at radius 3 is 2.46 bits per heavy atom. The van der Waals surface area contributed by atoms with Gasteiger partial charge in [0.2, 0.25) is 0 Å². The number of hydrogen-bond acceptors (Lipinski definition) is 2. The number of ether oxygens (including phenoxy) is 1. The van der Waals surface area contributed by atoms with Gasteiger partial charge >= 0.3 is 0 Å². The molecule has 2 rings (SSSR count). The molecule has 0 amide bonds. The molecule has 2 heteroatoms. The lowest BCUT2D eigenvalue weighted by Gasteiger charge is -2.35. The molecular weight excluding hydrogens is 294 g/mol. The smallest absolute Gasteiger partial charge is 0.0601 e. The number of hydrogen-bond donors (Lipinski definition) is 1. The van der Waals surface area contributed by atoms with Crippen LogP contribution >= 0.6 is 0 Å². The van der Waals surface area contributed by atoms with E-state index in [1.54, 1.807) is 0 Å². The summed E-state index contributed by atoms with van der Waals surface area (Å²) in [6.07, 6.45) is 2.26. The summed E-state index contributed by atoms with van der Waals surface area (Å²) in [6.45, 7) is 18.3. The van der Waals surface area contributed by atoms with E-state index in [1.165, 1.54) is 39.8 Å². The van der Waals surface area contributed by atoms with Gasteiger partial charge in [-0.3, -0.25) is 0 Å². The fourth-order valence-corrected chi connectivity index (χ4v) is 4.22. The van der Waals surface area contributed by atoms with Crippen LogP contribution in [0.1, 0.15) is 69.7 Å². The van der Waals surface area contributed by atoms with Gasteiger partial charge in [-0.05, 0) is 88.8 Å². The first kappa shape index (κ1) is 19.2. The van der Waals surface area contributed by atoms with Crippen molar-refractivity contribution in [3.63, 3.8) is 0 Å². The lowest BCUT2D eigenvalue weighted by atomic mass is 9.73. The first-order valence-corrected chi connectivity index (χ1v) is 9.49. The fourth-order valence-electron chi connectivity index (χ4n) is 4.22. The first-order valence-electron chi connectivity index (χ1n) is 9.49. The van der Waals surface area contributed by atoms with Crippen molar-refractivity contribution in [2.45, 2.75) is 72.8 Å². The molecule has 2 unspecified atom stereocenters. The molecule has 1 aromatic rings. The monoisotopic (exact) mass is 329 g/mol. The lowest BCUT2D eigenvalue weighted by molar-refractivity contribution is 0.0985. The summed E-state index contributed by atoms with van der Waals surface area (Å²) in [5.74, 6) is 0. The molecule has 1 N–H and O–H groups in total. The van der Waals surface area contributed by atoms with E-state index in [1.807, 2.05) is 0 Å². The number of fused-ring (bicyclic) bond motifs is 1. The zero-order valence-corrected chi connectivity index (χ0v) is 16.7. The topological polar surface area (TPSA) is 21.3 Å². The van der Waals surface area contributed by atoms with Crippen LogP contribution in [0.25, 0.3) is 5.57 Å². The number of nitrogens with one attached hydrogen (secondary N) is 1. The van der Waals surface area contributed by atoms with Crippen LogP contribution < -0.4 is 5.32 Å². The van der Waals surface area contributed by atoms with Gasteiger partial charge in [-0.2, -0.15) is 0 Å². The van der Waals surface area contributed by atoms with Crippen LogP contribution in [0.4, 0.5) is 0 Å². The quantitative estimate of drug-likeness (QED) is 0.711. The standard InChI is InChI=1S/C22H35NO/c1-8-12-23-16(4)13-22(14-24-9-2)19(7)18(6)21-17(5)15(3)10-11-20(21)22/h10-11,16,23H,8-9,12-14H2,1-7H3. The van der Waals surface area contributed by atoms with Crippen molar-refractivity contribution in [2.24, 2.45) is 0 Å². The van der Waals surface area contributed by atoms with Crippen molar-refractivity contribution in [3.05, 3.63) is 40.0 Å². The van der Waals surface area contributed by atoms with Crippen molar-refractivity contribution in [3.8, 4) is 0 Å². The second-order valence-electron chi connectivity index (χ2n) is 7.46. The Hall–Kier alpha value is -1.12. The molecule has 0 saturated heterocycles. The average molecular weight is 330 g/mol. The average Bonchev–Trinajstić information content (AvgIpc) is 2.77. The predicted molar refractivity (Wildman–Crippen MR) is 105 cm³/mol. The van der Waals surface area contributed by atoms with Gasteiger partial charge in [-0.1, -0.05) is 24.6 Å². The third-order valence-corrected chi connectivity index (χ3v) is 5.86. The molecule has 0 fully saturated rings. The van der Waals surface area contributed by atoms with E-state index in [-0.39, 0.29) is 5.41 Å². The Balaban J connectivity index is 2.50. The van der Waals surface area contributed by atoms with Crippen LogP contribution in [0.3, 0.4) is 0 Å². The van der Waals surface area contributed by atoms with Crippen LogP contribution in [0.15, 0.2) is 17.7 Å². The number of aryl methyl sites for hydroxylation is 1. The molecule has 1 aliphatic carbocycles. The third-order valence-electron chi connectivity index (χ3n) is 5.86. The maximum absolute atomic E-state index is 6.01. The van der Waals surface area contributed by atoms with Crippen molar-refractivity contribution in [1.82, 2.24) is 5.32 Å². The van der Waals surface area contributed by atoms with Crippen molar-refractivity contribution in [1.29, 1.82) is 0 Å². The summed E-state index contributed by atoms with van der Waals surface area (Å²) in [4.78, 5) is 0. The summed E-state index contributed by atoms with van der Waals surface area (Å²) in [5, 5.41) is 3.67. The highest BCUT2D eigenvalue weighted by molar-refractivity contribution is 5.81. The molecule has 134 valence electrons. The van der Waals surface area contributed by atoms with Gasteiger partial charge < -0.3 is 10.1 Å². The van der Waals surface area contributed by atoms with Gasteiger partial charge in [0.05, 0.1) is 6.61 Å². The molecule has 0 radical (unpaired) electrons. The van der Waals surface area contributed by atoms with Gasteiger partial charge in [0.25, 0.3) is 0 Å². The molecule has 0 aliphatic heterocycles. The molecule has 2 nitrogen and oxygen atoms in total. The van der Waals surface area contributed by atoms with Crippen LogP contribution in [-0.2, 0) is 10.2 Å². The summed E-state index contributed by atoms with van der Waals surface area (Å²) in [6, 6.07) is 5.11. The third kappa shape index (κ3) is 3.32. The van der Waals surface area contributed by atoms with Gasteiger partial charge in [0.1, 0.15) is 0 Å². The zero-order chi connectivity index (χ0) is 17.9. The van der Waals surface area contributed by atoms with Crippen molar-refractivity contribution < 1.29 is 4.74 Å². The fraction of sp³-hybridized carbons (Fsp3) is 0.636. The SMILES string of the molecule is CCCNC(C)CC1(COCC)C(C)=C(C)c2c1ccc(C)c2C. The van der Waals surface area contributed by atoms with E-state index in [0.717, 1.165) is 26.2 Å². The number of rotatable bonds is 8. The Bertz CT molecular complexity index is 617. The molecule has 0 aromatic heterocycles. The number of benzene rings is 1. The highest BCUT2D eigenvalue weighted by atomic mass is 16.5. The second-order valence-corrected chi connectivity index (χ2v) is 7.46. The highest BCUT2D eigenvalue weighted by Gasteiger charge is 2.43. The minimum atomic E-state index is 0.00798. The molecular formula is C22H35NO. The van der Waals surface area contributed by atoms with Crippen molar-refractivity contribution in [2.75, 3.05) is 19.8 Å². The van der Waals surface area contributed by atoms with Crippen LogP contribution in [0.5, 0.6) is 0 Å². The van der Waals surface area contributed by atoms with Gasteiger partial charge in [-0.15, -0.1) is 0 Å². The molecule has 0 heterocycles. The summed E-state index contributed by atoms with van der Waals surface area (Å²) in [7, 11) is 0. The van der Waals surface area contributed by atoms with E-state index >= 15 is 0 Å². The second kappa shape index (κ2) is 7.84. The maximum Gasteiger partial charge on any atom is 0.0601 e. The van der Waals surface area contributed by atoms with Crippen LogP contribution in [-0.4, -0.2) is 25.8 Å². The van der Waals surface area contributed by atoms with E-state index in [2.05, 4.69) is 65.9 Å². The van der Waals surface area contributed by atoms with Gasteiger partial charge in [0, 0.05) is 18.1 Å². The molecule has 0 spiro atoms. The van der Waals surface area contributed by atoms with Crippen molar-refractivity contribution >= 4 is 5.57 Å². The van der Waals surface area contributed by atoms with E-state index < -0.39 is 0 Å². The largest absolute Gasteiger partial charge is 0.380 e. The summed E-state index contributed by atoms with van der Waals surface area (Å²) >= 11 is 0. The minimum Gasteiger partial charge on any atom is -0.380 e. The molecule has 0 saturated carbocycles. The molecule has 1 aliphatic rings. The minimum absolute atomic E-state index is 0.00798. The maximum atomic E-state index is 6.01. The molecule has 24 heavy (non-hydrogen) atoms. The van der Waals surface area contributed by atoms with Gasteiger partial charge in [-0.25, -0.2) is 0 Å². The lowest BCUT2D eigenvalue weighted by Crippen LogP contribution is -2.40. The van der Waals surface area contributed by atoms with Gasteiger partial charge in [0.15, 0.2) is 0 Å². The van der Waals surface area contributed by atoms with Crippen LogP contribution in [0.2, 0.25) is 0 Å². The highest BCUT2D eigenvalue weighted by Crippen LogP contribution is 2.50. The predicted octanol–water partition coefficient (Wildman–Crippen LogP) is 5.16. The summed E-state index contributed by atoms with van der Waals surface area (Å²) < 4.78 is 6.01. The van der Waals surface area contributed by atoms with E-state index in [4.69, 9.17) is 4.74 Å². The molecule has 1 aromatic carbocycles. The van der Waals surface area contributed by atoms with Crippen LogP contribution in [0, 0.1) is 13.8 Å². The van der Waals surface area contributed by atoms with E-state index in [0.29, 0.717) is 6.04 Å². The Kier molecular flexibility index (Phi) is 6.28. The Labute approximate surface area is 148 Å². The first-order chi connectivity index (χ1) is 11.4. The summed E-state index contributed by atoms with van der Waals surface area (Å²) in [5.41, 5.74) is 8.70. The molecule has 0 bridgehead atoms. The normalized spacial score (nSPS) is 21.3. The Morgan fingerprint density at radius 1 is 1.12 bits per heavy atom. The Morgan fingerprint density at radius 2 is 1.83 bits per heavy atom.